The van der Waals surface area contributed by atoms with Gasteiger partial charge in [-0.1, -0.05) is 12.1 Å². The van der Waals surface area contributed by atoms with Crippen LogP contribution in [0.4, 0.5) is 8.78 Å². The van der Waals surface area contributed by atoms with E-state index in [1.165, 1.54) is 6.07 Å². The first-order valence-electron chi connectivity index (χ1n) is 5.87. The highest BCUT2D eigenvalue weighted by atomic mass is 79.9. The van der Waals surface area contributed by atoms with Gasteiger partial charge in [-0.3, -0.25) is 4.57 Å². The maximum Gasteiger partial charge on any atom is 0.387 e. The fourth-order valence-electron chi connectivity index (χ4n) is 2.03. The maximum absolute atomic E-state index is 12.5. The molecular weight excluding hydrogens is 364 g/mol. The van der Waals surface area contributed by atoms with Crippen molar-refractivity contribution >= 4 is 39.3 Å². The van der Waals surface area contributed by atoms with Crippen molar-refractivity contribution in [3.63, 3.8) is 0 Å². The van der Waals surface area contributed by atoms with Crippen LogP contribution < -0.4 is 4.74 Å². The molecule has 0 aliphatic heterocycles. The van der Waals surface area contributed by atoms with Gasteiger partial charge in [0.05, 0.1) is 11.2 Å². The van der Waals surface area contributed by atoms with E-state index >= 15 is 0 Å². The third-order valence-corrected chi connectivity index (χ3v) is 3.53. The maximum atomic E-state index is 12.5. The van der Waals surface area contributed by atoms with Crippen LogP contribution in [0.1, 0.15) is 0 Å². The first kappa shape index (κ1) is 14.2. The van der Waals surface area contributed by atoms with E-state index in [2.05, 4.69) is 30.6 Å². The number of hydrogen-bond acceptors (Lipinski definition) is 3. The summed E-state index contributed by atoms with van der Waals surface area (Å²) in [7, 11) is 0. The van der Waals surface area contributed by atoms with E-state index in [0.29, 0.717) is 21.6 Å². The summed E-state index contributed by atoms with van der Waals surface area (Å²) in [4.78, 5) is 7.26. The molecule has 0 amide bonds. The van der Waals surface area contributed by atoms with Gasteiger partial charge in [-0.2, -0.15) is 8.78 Å². The number of pyridine rings is 1. The lowest BCUT2D eigenvalue weighted by Crippen LogP contribution is -2.06. The predicted molar refractivity (Wildman–Crippen MR) is 80.6 cm³/mol. The average molecular weight is 372 g/mol. The Hall–Kier alpha value is -1.80. The van der Waals surface area contributed by atoms with Gasteiger partial charge < -0.3 is 9.72 Å². The fraction of sp³-hybridized carbons (Fsp3) is 0.0769. The summed E-state index contributed by atoms with van der Waals surface area (Å²) in [6, 6.07) is 8.24. The molecule has 108 valence electrons. The number of nitrogens with zero attached hydrogens (tertiary/aromatic N) is 2. The topological polar surface area (TPSA) is 42.8 Å². The van der Waals surface area contributed by atoms with E-state index < -0.39 is 6.61 Å². The molecule has 1 aromatic carbocycles. The SMILES string of the molecule is FC(F)Oc1ccccc1-n1c(=S)[nH]c2cc(Br)cnc21. The lowest BCUT2D eigenvalue weighted by molar-refractivity contribution is -0.0498. The second-order valence-corrected chi connectivity index (χ2v) is 5.44. The number of benzene rings is 1. The molecule has 2 aromatic heterocycles. The van der Waals surface area contributed by atoms with Gasteiger partial charge in [0.25, 0.3) is 0 Å². The van der Waals surface area contributed by atoms with Gasteiger partial charge >= 0.3 is 6.61 Å². The molecule has 2 heterocycles. The minimum atomic E-state index is -2.91. The minimum absolute atomic E-state index is 0.0363. The summed E-state index contributed by atoms with van der Waals surface area (Å²) in [5.74, 6) is 0.0363. The summed E-state index contributed by atoms with van der Waals surface area (Å²) in [5.41, 5.74) is 1.64. The van der Waals surface area contributed by atoms with Crippen molar-refractivity contribution in [2.75, 3.05) is 0 Å². The van der Waals surface area contributed by atoms with Crippen molar-refractivity contribution in [3.05, 3.63) is 45.8 Å². The third-order valence-electron chi connectivity index (χ3n) is 2.81. The monoisotopic (exact) mass is 371 g/mol. The molecule has 0 atom stereocenters. The molecule has 0 radical (unpaired) electrons. The van der Waals surface area contributed by atoms with E-state index in [4.69, 9.17) is 12.2 Å². The predicted octanol–water partition coefficient (Wildman–Crippen LogP) is 4.45. The van der Waals surface area contributed by atoms with Crippen molar-refractivity contribution < 1.29 is 13.5 Å². The number of halogens is 3. The summed E-state index contributed by atoms with van der Waals surface area (Å²) in [6.45, 7) is -2.91. The molecule has 3 rings (SSSR count). The summed E-state index contributed by atoms with van der Waals surface area (Å²) >= 11 is 8.58. The molecule has 0 fully saturated rings. The minimum Gasteiger partial charge on any atom is -0.433 e. The Morgan fingerprint density at radius 3 is 2.86 bits per heavy atom. The van der Waals surface area contributed by atoms with Crippen molar-refractivity contribution in [2.24, 2.45) is 0 Å². The summed E-state index contributed by atoms with van der Waals surface area (Å²) in [5, 5.41) is 0. The van der Waals surface area contributed by atoms with Gasteiger partial charge in [-0.15, -0.1) is 0 Å². The first-order valence-corrected chi connectivity index (χ1v) is 7.07. The van der Waals surface area contributed by atoms with Crippen LogP contribution in [0.3, 0.4) is 0 Å². The number of alkyl halides is 2. The highest BCUT2D eigenvalue weighted by Gasteiger charge is 2.15. The fourth-order valence-corrected chi connectivity index (χ4v) is 2.66. The first-order chi connectivity index (χ1) is 10.1. The van der Waals surface area contributed by atoms with Crippen LogP contribution in [0.2, 0.25) is 0 Å². The number of aromatic nitrogens is 3. The van der Waals surface area contributed by atoms with Gasteiger partial charge in [0.1, 0.15) is 5.75 Å². The van der Waals surface area contributed by atoms with Crippen LogP contribution >= 0.6 is 28.1 Å². The molecule has 1 N–H and O–H groups in total. The number of ether oxygens (including phenoxy) is 1. The highest BCUT2D eigenvalue weighted by Crippen LogP contribution is 2.28. The normalized spacial score (nSPS) is 11.2. The van der Waals surface area contributed by atoms with Crippen molar-refractivity contribution in [3.8, 4) is 11.4 Å². The second kappa shape index (κ2) is 5.53. The zero-order valence-corrected chi connectivity index (χ0v) is 12.8. The van der Waals surface area contributed by atoms with Gasteiger partial charge in [0.2, 0.25) is 0 Å². The Morgan fingerprint density at radius 1 is 1.33 bits per heavy atom. The van der Waals surface area contributed by atoms with Crippen LogP contribution in [-0.2, 0) is 0 Å². The number of para-hydroxylation sites is 2. The van der Waals surface area contributed by atoms with Crippen molar-refractivity contribution in [1.82, 2.24) is 14.5 Å². The zero-order chi connectivity index (χ0) is 15.0. The van der Waals surface area contributed by atoms with Crippen molar-refractivity contribution in [2.45, 2.75) is 6.61 Å². The van der Waals surface area contributed by atoms with Crippen LogP contribution in [0.25, 0.3) is 16.9 Å². The average Bonchev–Trinajstić information content (AvgIpc) is 2.74. The quantitative estimate of drug-likeness (QED) is 0.691. The molecule has 0 spiro atoms. The highest BCUT2D eigenvalue weighted by molar-refractivity contribution is 9.10. The van der Waals surface area contributed by atoms with E-state index in [1.807, 2.05) is 6.07 Å². The van der Waals surface area contributed by atoms with Gasteiger partial charge in [0, 0.05) is 10.7 Å². The lowest BCUT2D eigenvalue weighted by atomic mass is 10.3. The number of imidazole rings is 1. The molecule has 0 saturated heterocycles. The zero-order valence-electron chi connectivity index (χ0n) is 10.4. The summed E-state index contributed by atoms with van der Waals surface area (Å²) in [6.07, 6.45) is 1.61. The number of rotatable bonds is 3. The standard InChI is InChI=1S/C13H8BrF2N3OS/c14-7-5-8-11(17-6-7)19(13(21)18-8)9-3-1-2-4-10(9)20-12(15)16/h1-6,12H,(H,18,21). The van der Waals surface area contributed by atoms with E-state index in [1.54, 1.807) is 29.0 Å². The van der Waals surface area contributed by atoms with Gasteiger partial charge in [-0.25, -0.2) is 4.98 Å². The van der Waals surface area contributed by atoms with E-state index in [0.717, 1.165) is 4.47 Å². The van der Waals surface area contributed by atoms with E-state index in [-0.39, 0.29) is 5.75 Å². The molecule has 4 nitrogen and oxygen atoms in total. The molecular formula is C13H8BrF2N3OS. The molecule has 0 bridgehead atoms. The van der Waals surface area contributed by atoms with Crippen molar-refractivity contribution in [1.29, 1.82) is 0 Å². The Kier molecular flexibility index (Phi) is 3.73. The molecule has 3 aromatic rings. The Morgan fingerprint density at radius 2 is 2.10 bits per heavy atom. The Labute approximate surface area is 131 Å². The number of aromatic amines is 1. The molecule has 0 aliphatic rings. The lowest BCUT2D eigenvalue weighted by Gasteiger charge is -2.11. The molecule has 0 unspecified atom stereocenters. The smallest absolute Gasteiger partial charge is 0.387 e. The summed E-state index contributed by atoms with van der Waals surface area (Å²) < 4.78 is 32.3. The Balaban J connectivity index is 2.26. The number of nitrogens with one attached hydrogen (secondary N) is 1. The van der Waals surface area contributed by atoms with Crippen LogP contribution in [0.5, 0.6) is 5.75 Å². The Bertz CT molecular complexity index is 862. The van der Waals surface area contributed by atoms with E-state index in [9.17, 15) is 8.78 Å². The molecule has 8 heteroatoms. The third kappa shape index (κ3) is 2.68. The molecule has 0 saturated carbocycles. The van der Waals surface area contributed by atoms with Crippen LogP contribution in [-0.4, -0.2) is 21.1 Å². The number of fused-ring (bicyclic) bond motifs is 1. The number of hydrogen-bond donors (Lipinski definition) is 1. The molecule has 0 aliphatic carbocycles. The van der Waals surface area contributed by atoms with Gasteiger partial charge in [0.15, 0.2) is 10.4 Å². The second-order valence-electron chi connectivity index (χ2n) is 4.14. The molecule has 21 heavy (non-hydrogen) atoms. The van der Waals surface area contributed by atoms with Gasteiger partial charge in [-0.05, 0) is 46.3 Å². The number of H-pyrrole nitrogens is 1. The van der Waals surface area contributed by atoms with Crippen LogP contribution in [0.15, 0.2) is 41.0 Å². The largest absolute Gasteiger partial charge is 0.433 e. The van der Waals surface area contributed by atoms with Crippen LogP contribution in [0, 0.1) is 4.77 Å².